The molecule has 1 aromatic rings. The first-order valence-electron chi connectivity index (χ1n) is 5.12. The molecule has 1 heterocycles. The van der Waals surface area contributed by atoms with Gasteiger partial charge in [0.25, 0.3) is 0 Å². The van der Waals surface area contributed by atoms with Gasteiger partial charge in [-0.2, -0.15) is 5.10 Å². The predicted octanol–water partition coefficient (Wildman–Crippen LogP) is 2.12. The minimum absolute atomic E-state index is 0.724. The van der Waals surface area contributed by atoms with Crippen LogP contribution in [-0.4, -0.2) is 36.7 Å². The van der Waals surface area contributed by atoms with Crippen LogP contribution in [0, 0.1) is 18.8 Å². The summed E-state index contributed by atoms with van der Waals surface area (Å²) in [5.74, 6) is 6.52. The minimum Gasteiger partial charge on any atom is -0.299 e. The minimum atomic E-state index is 0.724. The van der Waals surface area contributed by atoms with Crippen molar-refractivity contribution >= 4 is 28.0 Å². The lowest BCUT2D eigenvalue weighted by Gasteiger charge is -2.02. The van der Waals surface area contributed by atoms with E-state index in [1.807, 2.05) is 32.0 Å². The molecule has 0 spiro atoms. The Labute approximate surface area is 110 Å². The van der Waals surface area contributed by atoms with E-state index in [-0.39, 0.29) is 0 Å². The van der Waals surface area contributed by atoms with Crippen LogP contribution in [0.15, 0.2) is 21.8 Å². The van der Waals surface area contributed by atoms with Crippen molar-refractivity contribution in [2.75, 3.05) is 26.1 Å². The summed E-state index contributed by atoms with van der Waals surface area (Å²) in [5, 5.41) is 3.98. The van der Waals surface area contributed by atoms with E-state index in [1.165, 1.54) is 6.21 Å². The fourth-order valence-corrected chi connectivity index (χ4v) is 1.48. The molecule has 0 saturated heterocycles. The zero-order chi connectivity index (χ0) is 12.7. The average molecular weight is 295 g/mol. The van der Waals surface area contributed by atoms with Crippen LogP contribution in [0.2, 0.25) is 0 Å². The van der Waals surface area contributed by atoms with E-state index in [0.717, 1.165) is 22.4 Å². The number of nitrogens with zero attached hydrogens (tertiary/aromatic N) is 3. The summed E-state index contributed by atoms with van der Waals surface area (Å²) in [5.41, 5.74) is 3.88. The van der Waals surface area contributed by atoms with Gasteiger partial charge < -0.3 is 0 Å². The highest BCUT2D eigenvalue weighted by Gasteiger charge is 1.97. The maximum Gasteiger partial charge on any atom is 0.149 e. The second kappa shape index (κ2) is 7.05. The molecule has 0 bridgehead atoms. The Morgan fingerprint density at radius 1 is 1.59 bits per heavy atom. The largest absolute Gasteiger partial charge is 0.299 e. The van der Waals surface area contributed by atoms with Crippen molar-refractivity contribution in [3.05, 3.63) is 22.3 Å². The van der Waals surface area contributed by atoms with Crippen molar-refractivity contribution in [3.8, 4) is 11.8 Å². The Kier molecular flexibility index (Phi) is 5.67. The van der Waals surface area contributed by atoms with Gasteiger partial charge in [0.15, 0.2) is 0 Å². The van der Waals surface area contributed by atoms with E-state index in [1.54, 1.807) is 6.20 Å². The molecule has 0 fully saturated rings. The van der Waals surface area contributed by atoms with E-state index < -0.39 is 0 Å². The van der Waals surface area contributed by atoms with Gasteiger partial charge in [-0.15, -0.1) is 0 Å². The van der Waals surface area contributed by atoms with Gasteiger partial charge in [0.2, 0.25) is 0 Å². The van der Waals surface area contributed by atoms with Gasteiger partial charge in [-0.25, -0.2) is 4.98 Å². The van der Waals surface area contributed by atoms with Gasteiger partial charge in [0, 0.05) is 10.7 Å². The van der Waals surface area contributed by atoms with E-state index >= 15 is 0 Å². The number of pyridine rings is 1. The first kappa shape index (κ1) is 13.7. The van der Waals surface area contributed by atoms with E-state index in [2.05, 4.69) is 43.3 Å². The lowest BCUT2D eigenvalue weighted by Crippen LogP contribution is -2.10. The first-order chi connectivity index (χ1) is 8.09. The lowest BCUT2D eigenvalue weighted by molar-refractivity contribution is 0.464. The Hall–Kier alpha value is -1.38. The topological polar surface area (TPSA) is 40.5 Å². The van der Waals surface area contributed by atoms with Gasteiger partial charge in [-0.3, -0.25) is 10.3 Å². The van der Waals surface area contributed by atoms with Crippen LogP contribution in [0.3, 0.4) is 0 Å². The molecular formula is C12H15BrN4. The highest BCUT2D eigenvalue weighted by atomic mass is 79.9. The van der Waals surface area contributed by atoms with Gasteiger partial charge >= 0.3 is 0 Å². The second-order valence-electron chi connectivity index (χ2n) is 3.75. The standard InChI is InChI=1S/C12H15BrN4/c1-10-8-11(13)9-14-12(10)16-15-6-4-5-7-17(2)3/h6,8-9H,7H2,1-3H3,(H,14,16)/b15-6+. The summed E-state index contributed by atoms with van der Waals surface area (Å²) in [6, 6.07) is 1.97. The van der Waals surface area contributed by atoms with E-state index in [0.29, 0.717) is 0 Å². The first-order valence-corrected chi connectivity index (χ1v) is 5.91. The molecule has 1 N–H and O–H groups in total. The summed E-state index contributed by atoms with van der Waals surface area (Å²) in [6.45, 7) is 2.69. The molecule has 1 rings (SSSR count). The van der Waals surface area contributed by atoms with Crippen LogP contribution in [-0.2, 0) is 0 Å². The maximum atomic E-state index is 4.20. The third-order valence-electron chi connectivity index (χ3n) is 1.84. The highest BCUT2D eigenvalue weighted by molar-refractivity contribution is 9.10. The second-order valence-corrected chi connectivity index (χ2v) is 4.66. The van der Waals surface area contributed by atoms with Crippen LogP contribution in [0.5, 0.6) is 0 Å². The highest BCUT2D eigenvalue weighted by Crippen LogP contribution is 2.16. The van der Waals surface area contributed by atoms with Crippen molar-refractivity contribution in [2.45, 2.75) is 6.92 Å². The number of hydrazone groups is 1. The zero-order valence-corrected chi connectivity index (χ0v) is 11.7. The maximum absolute atomic E-state index is 4.20. The summed E-state index contributed by atoms with van der Waals surface area (Å²) in [7, 11) is 3.94. The Balaban J connectivity index is 2.49. The SMILES string of the molecule is Cc1cc(Br)cnc1N/N=C/C#CCN(C)C. The third-order valence-corrected chi connectivity index (χ3v) is 2.28. The Morgan fingerprint density at radius 3 is 3.00 bits per heavy atom. The summed E-state index contributed by atoms with van der Waals surface area (Å²) in [6.07, 6.45) is 3.26. The van der Waals surface area contributed by atoms with Crippen LogP contribution in [0.1, 0.15) is 5.56 Å². The van der Waals surface area contributed by atoms with Crippen LogP contribution in [0.4, 0.5) is 5.82 Å². The molecule has 4 nitrogen and oxygen atoms in total. The molecular weight excluding hydrogens is 280 g/mol. The molecule has 0 atom stereocenters. The quantitative estimate of drug-likeness (QED) is 0.527. The number of anilines is 1. The fraction of sp³-hybridized carbons (Fsp3) is 0.333. The molecule has 0 radical (unpaired) electrons. The number of halogens is 1. The van der Waals surface area contributed by atoms with Crippen LogP contribution < -0.4 is 5.43 Å². The summed E-state index contributed by atoms with van der Waals surface area (Å²) in [4.78, 5) is 6.19. The Bertz CT molecular complexity index is 457. The van der Waals surface area contributed by atoms with Crippen LogP contribution in [0.25, 0.3) is 0 Å². The zero-order valence-electron chi connectivity index (χ0n) is 10.2. The van der Waals surface area contributed by atoms with Crippen molar-refractivity contribution in [3.63, 3.8) is 0 Å². The molecule has 0 saturated carbocycles. The van der Waals surface area contributed by atoms with E-state index in [9.17, 15) is 0 Å². The predicted molar refractivity (Wildman–Crippen MR) is 75.1 cm³/mol. The molecule has 0 aliphatic carbocycles. The van der Waals surface area contributed by atoms with Crippen molar-refractivity contribution in [1.29, 1.82) is 0 Å². The third kappa shape index (κ3) is 5.48. The fourth-order valence-electron chi connectivity index (χ4n) is 1.03. The number of aryl methyl sites for hydroxylation is 1. The molecule has 0 aliphatic rings. The number of nitrogens with one attached hydrogen (secondary N) is 1. The molecule has 0 aliphatic heterocycles. The normalized spacial score (nSPS) is 10.4. The number of aromatic nitrogens is 1. The summed E-state index contributed by atoms with van der Waals surface area (Å²) >= 11 is 3.36. The van der Waals surface area contributed by atoms with Crippen LogP contribution >= 0.6 is 15.9 Å². The molecule has 0 aromatic carbocycles. The van der Waals surface area contributed by atoms with Crippen molar-refractivity contribution in [2.24, 2.45) is 5.10 Å². The molecule has 90 valence electrons. The smallest absolute Gasteiger partial charge is 0.149 e. The average Bonchev–Trinajstić information content (AvgIpc) is 2.25. The van der Waals surface area contributed by atoms with Crippen molar-refractivity contribution in [1.82, 2.24) is 9.88 Å². The number of hydrogen-bond acceptors (Lipinski definition) is 4. The molecule has 1 aromatic heterocycles. The van der Waals surface area contributed by atoms with E-state index in [4.69, 9.17) is 0 Å². The molecule has 0 unspecified atom stereocenters. The molecule has 0 amide bonds. The summed E-state index contributed by atoms with van der Waals surface area (Å²) < 4.78 is 0.954. The number of hydrogen-bond donors (Lipinski definition) is 1. The van der Waals surface area contributed by atoms with Gasteiger partial charge in [0.05, 0.1) is 12.8 Å². The van der Waals surface area contributed by atoms with Gasteiger partial charge in [-0.05, 0) is 48.6 Å². The van der Waals surface area contributed by atoms with Gasteiger partial charge in [0.1, 0.15) is 5.82 Å². The number of rotatable bonds is 3. The Morgan fingerprint density at radius 2 is 2.35 bits per heavy atom. The van der Waals surface area contributed by atoms with Gasteiger partial charge in [-0.1, -0.05) is 11.8 Å². The molecule has 17 heavy (non-hydrogen) atoms. The molecule has 5 heteroatoms. The van der Waals surface area contributed by atoms with Crippen molar-refractivity contribution < 1.29 is 0 Å². The lowest BCUT2D eigenvalue weighted by atomic mass is 10.3. The monoisotopic (exact) mass is 294 g/mol.